The highest BCUT2D eigenvalue weighted by Gasteiger charge is 2.39. The molecule has 4 aromatic rings. The molecule has 3 heterocycles. The lowest BCUT2D eigenvalue weighted by molar-refractivity contribution is -0.147. The minimum atomic E-state index is -4.80. The molecule has 0 fully saturated rings. The lowest BCUT2D eigenvalue weighted by Crippen LogP contribution is -2.42. The number of pyridine rings is 2. The third-order valence-corrected chi connectivity index (χ3v) is 7.57. The number of carbonyl (C=O) groups excluding carboxylic acids is 1. The van der Waals surface area contributed by atoms with Crippen molar-refractivity contribution < 1.29 is 30.8 Å². The van der Waals surface area contributed by atoms with Gasteiger partial charge in [0.1, 0.15) is 22.6 Å². The summed E-state index contributed by atoms with van der Waals surface area (Å²) in [5.41, 5.74) is 6.43. The number of primary amides is 1. The first-order valence-electron chi connectivity index (χ1n) is 11.1. The summed E-state index contributed by atoms with van der Waals surface area (Å²) < 4.78 is 81.5. The van der Waals surface area contributed by atoms with Crippen molar-refractivity contribution in [2.45, 2.75) is 37.4 Å². The lowest BCUT2D eigenvalue weighted by Gasteiger charge is -2.17. The molecule has 38 heavy (non-hydrogen) atoms. The Bertz CT molecular complexity index is 1640. The van der Waals surface area contributed by atoms with Gasteiger partial charge in [0.2, 0.25) is 10.0 Å². The molecule has 0 saturated heterocycles. The van der Waals surface area contributed by atoms with Crippen LogP contribution in [0.4, 0.5) is 17.6 Å². The molecule has 0 aliphatic rings. The lowest BCUT2D eigenvalue weighted by atomic mass is 10.0. The summed E-state index contributed by atoms with van der Waals surface area (Å²) in [5, 5.41) is 0.494. The third kappa shape index (κ3) is 5.08. The Morgan fingerprint density at radius 2 is 1.87 bits per heavy atom. The molecule has 0 aliphatic heterocycles. The molecule has 0 bridgehead atoms. The Kier molecular flexibility index (Phi) is 7.21. The van der Waals surface area contributed by atoms with E-state index in [-0.39, 0.29) is 28.2 Å². The maximum atomic E-state index is 14.8. The maximum absolute atomic E-state index is 14.8. The van der Waals surface area contributed by atoms with Crippen molar-refractivity contribution in [1.29, 1.82) is 0 Å². The third-order valence-electron chi connectivity index (χ3n) is 5.82. The fourth-order valence-electron chi connectivity index (χ4n) is 3.90. The zero-order valence-electron chi connectivity index (χ0n) is 19.8. The molecule has 0 aliphatic carbocycles. The van der Waals surface area contributed by atoms with Crippen LogP contribution >= 0.6 is 11.6 Å². The van der Waals surface area contributed by atoms with Crippen LogP contribution in [0.5, 0.6) is 0 Å². The molecular weight excluding hydrogens is 550 g/mol. The van der Waals surface area contributed by atoms with E-state index in [1.54, 1.807) is 23.8 Å². The van der Waals surface area contributed by atoms with Gasteiger partial charge in [-0.25, -0.2) is 17.8 Å². The van der Waals surface area contributed by atoms with Crippen molar-refractivity contribution >= 4 is 38.4 Å². The summed E-state index contributed by atoms with van der Waals surface area (Å²) in [6.07, 6.45) is -2.25. The second-order valence-electron chi connectivity index (χ2n) is 8.34. The van der Waals surface area contributed by atoms with Gasteiger partial charge in [0.05, 0.1) is 27.5 Å². The van der Waals surface area contributed by atoms with Crippen LogP contribution in [0.15, 0.2) is 53.7 Å². The van der Waals surface area contributed by atoms with E-state index in [1.165, 1.54) is 29.0 Å². The highest BCUT2D eigenvalue weighted by atomic mass is 35.5. The number of hydrogen-bond donors (Lipinski definition) is 2. The predicted molar refractivity (Wildman–Crippen MR) is 133 cm³/mol. The Balaban J connectivity index is 1.96. The molecule has 1 amide bonds. The van der Waals surface area contributed by atoms with E-state index in [9.17, 15) is 30.8 Å². The Morgan fingerprint density at radius 1 is 1.16 bits per heavy atom. The van der Waals surface area contributed by atoms with Crippen molar-refractivity contribution in [3.8, 4) is 17.2 Å². The number of nitrogens with two attached hydrogens (primary N) is 1. The number of amides is 1. The van der Waals surface area contributed by atoms with Gasteiger partial charge in [0.15, 0.2) is 0 Å². The number of carbonyl (C=O) groups is 1. The molecule has 0 spiro atoms. The molecule has 200 valence electrons. The summed E-state index contributed by atoms with van der Waals surface area (Å²) in [4.78, 5) is 20.5. The highest BCUT2D eigenvalue weighted by Crippen LogP contribution is 2.37. The van der Waals surface area contributed by atoms with Crippen LogP contribution in [-0.2, 0) is 16.4 Å². The van der Waals surface area contributed by atoms with Gasteiger partial charge in [-0.1, -0.05) is 18.5 Å². The number of halogens is 5. The van der Waals surface area contributed by atoms with E-state index < -0.39 is 38.9 Å². The molecule has 14 heteroatoms. The first-order chi connectivity index (χ1) is 17.7. The van der Waals surface area contributed by atoms with Gasteiger partial charge < -0.3 is 5.73 Å². The predicted octanol–water partition coefficient (Wildman–Crippen LogP) is 4.77. The molecule has 8 nitrogen and oxygen atoms in total. The summed E-state index contributed by atoms with van der Waals surface area (Å²) in [7, 11) is -4.58. The monoisotopic (exact) mass is 569 g/mol. The number of nitrogens with zero attached hydrogens (tertiary/aromatic N) is 3. The number of fused-ring (bicyclic) bond motifs is 1. The van der Waals surface area contributed by atoms with Crippen LogP contribution in [0.3, 0.4) is 0 Å². The fraction of sp³-hybridized carbons (Fsp3) is 0.208. The zero-order chi connectivity index (χ0) is 28.0. The fourth-order valence-corrected chi connectivity index (χ4v) is 5.18. The smallest absolute Gasteiger partial charge is 0.366 e. The molecule has 1 atom stereocenters. The van der Waals surface area contributed by atoms with Crippen molar-refractivity contribution in [1.82, 2.24) is 19.3 Å². The van der Waals surface area contributed by atoms with E-state index in [2.05, 4.69) is 9.97 Å². The minimum absolute atomic E-state index is 0.0352. The first kappa shape index (κ1) is 27.5. The molecule has 0 radical (unpaired) electrons. The van der Waals surface area contributed by atoms with Crippen molar-refractivity contribution in [2.75, 3.05) is 0 Å². The van der Waals surface area contributed by atoms with Gasteiger partial charge in [0, 0.05) is 17.8 Å². The number of sulfonamides is 1. The van der Waals surface area contributed by atoms with Crippen molar-refractivity contribution in [2.24, 2.45) is 5.73 Å². The summed E-state index contributed by atoms with van der Waals surface area (Å²) in [6, 6.07) is 5.71. The van der Waals surface area contributed by atoms with E-state index in [1.807, 2.05) is 0 Å². The largest absolute Gasteiger partial charge is 0.404 e. The first-order valence-corrected chi connectivity index (χ1v) is 12.9. The van der Waals surface area contributed by atoms with Gasteiger partial charge in [-0.05, 0) is 55.3 Å². The summed E-state index contributed by atoms with van der Waals surface area (Å²) in [5.74, 6) is -1.20. The van der Waals surface area contributed by atoms with E-state index in [0.29, 0.717) is 29.4 Å². The number of rotatable bonds is 7. The van der Waals surface area contributed by atoms with E-state index in [4.69, 9.17) is 17.3 Å². The van der Waals surface area contributed by atoms with Gasteiger partial charge in [-0.2, -0.15) is 17.9 Å². The number of benzene rings is 1. The van der Waals surface area contributed by atoms with E-state index >= 15 is 0 Å². The Hall–Kier alpha value is -3.55. The normalized spacial score (nSPS) is 13.1. The topological polar surface area (TPSA) is 120 Å². The second kappa shape index (κ2) is 9.97. The zero-order valence-corrected chi connectivity index (χ0v) is 21.4. The van der Waals surface area contributed by atoms with Gasteiger partial charge in [-0.3, -0.25) is 14.3 Å². The van der Waals surface area contributed by atoms with Gasteiger partial charge in [0.25, 0.3) is 5.91 Å². The van der Waals surface area contributed by atoms with Crippen molar-refractivity contribution in [3.05, 3.63) is 70.8 Å². The SMILES string of the molecule is CCc1cc2c(cc1F)c(C(N)=O)c(-c1ccc(S(=O)(=O)N[C@@H](C)C(F)(F)F)cn1)n2-c1ccc(Cl)cn1. The Labute approximate surface area is 219 Å². The average Bonchev–Trinajstić information content (AvgIpc) is 3.17. The van der Waals surface area contributed by atoms with Crippen LogP contribution in [-0.4, -0.2) is 41.1 Å². The molecular formula is C24H20ClF4N5O3S. The van der Waals surface area contributed by atoms with Crippen LogP contribution in [0.25, 0.3) is 28.1 Å². The second-order valence-corrected chi connectivity index (χ2v) is 10.5. The average molecular weight is 570 g/mol. The van der Waals surface area contributed by atoms with Gasteiger partial charge >= 0.3 is 6.18 Å². The molecule has 3 aromatic heterocycles. The molecule has 0 unspecified atom stereocenters. The maximum Gasteiger partial charge on any atom is 0.404 e. The van der Waals surface area contributed by atoms with Gasteiger partial charge in [-0.15, -0.1) is 0 Å². The van der Waals surface area contributed by atoms with Crippen LogP contribution in [0.2, 0.25) is 5.02 Å². The molecule has 3 N–H and O–H groups in total. The number of nitrogens with one attached hydrogen (secondary N) is 1. The number of aryl methyl sites for hydroxylation is 1. The highest BCUT2D eigenvalue weighted by molar-refractivity contribution is 7.89. The van der Waals surface area contributed by atoms with Crippen LogP contribution in [0, 0.1) is 5.82 Å². The number of alkyl halides is 3. The molecule has 1 aromatic carbocycles. The quantitative estimate of drug-likeness (QED) is 0.311. The summed E-state index contributed by atoms with van der Waals surface area (Å²) >= 11 is 5.98. The van der Waals surface area contributed by atoms with Crippen LogP contribution < -0.4 is 10.5 Å². The van der Waals surface area contributed by atoms with E-state index in [0.717, 1.165) is 12.3 Å². The number of hydrogen-bond acceptors (Lipinski definition) is 5. The Morgan fingerprint density at radius 3 is 2.39 bits per heavy atom. The van der Waals surface area contributed by atoms with Crippen LogP contribution in [0.1, 0.15) is 29.8 Å². The number of aromatic nitrogens is 3. The van der Waals surface area contributed by atoms with Crippen molar-refractivity contribution in [3.63, 3.8) is 0 Å². The summed E-state index contributed by atoms with van der Waals surface area (Å²) in [6.45, 7) is 2.42. The standard InChI is InChI=1S/C24H20ClF4N5O3S/c1-3-13-8-19-16(9-17(13)26)21(23(30)35)22(34(19)20-7-4-14(25)10-32-20)18-6-5-15(11-31-18)38(36,37)33-12(2)24(27,28)29/h4-12,33H,3H2,1-2H3,(H2,30,35)/t12-/m0/s1. The molecule has 4 rings (SSSR count). The molecule has 0 saturated carbocycles. The minimum Gasteiger partial charge on any atom is -0.366 e.